The van der Waals surface area contributed by atoms with Crippen molar-refractivity contribution in [2.24, 2.45) is 0 Å². The monoisotopic (exact) mass is 507 g/mol. The number of likely N-dealkylation sites (tertiary alicyclic amines) is 1. The number of hydrogen-bond donors (Lipinski definition) is 1. The number of nitrogens with zero attached hydrogens (tertiary/aromatic N) is 1. The van der Waals surface area contributed by atoms with Crippen LogP contribution in [0.5, 0.6) is 0 Å². The van der Waals surface area contributed by atoms with E-state index in [-0.39, 0.29) is 16.7 Å². The Labute approximate surface area is 200 Å². The van der Waals surface area contributed by atoms with Crippen LogP contribution in [0.2, 0.25) is 10.0 Å². The van der Waals surface area contributed by atoms with Gasteiger partial charge in [0.1, 0.15) is 4.88 Å². The van der Waals surface area contributed by atoms with Gasteiger partial charge >= 0.3 is 5.97 Å². The van der Waals surface area contributed by atoms with Gasteiger partial charge in [-0.3, -0.25) is 4.90 Å². The van der Waals surface area contributed by atoms with Crippen molar-refractivity contribution in [3.8, 4) is 0 Å². The Bertz CT molecular complexity index is 1210. The number of carbonyl (C=O) groups is 1. The van der Waals surface area contributed by atoms with Crippen LogP contribution in [0.15, 0.2) is 71.6 Å². The van der Waals surface area contributed by atoms with Crippen molar-refractivity contribution in [1.29, 1.82) is 0 Å². The Morgan fingerprint density at radius 2 is 1.50 bits per heavy atom. The van der Waals surface area contributed by atoms with Gasteiger partial charge in [-0.1, -0.05) is 47.5 Å². The van der Waals surface area contributed by atoms with Crippen LogP contribution in [0, 0.1) is 0 Å². The van der Waals surface area contributed by atoms with Crippen LogP contribution in [0.1, 0.15) is 31.7 Å². The number of carboxylic acid groups (broad SMARTS) is 1. The van der Waals surface area contributed by atoms with Crippen LogP contribution < -0.4 is 0 Å². The van der Waals surface area contributed by atoms with E-state index in [4.69, 9.17) is 28.3 Å². The maximum atomic E-state index is 12.6. The minimum absolute atomic E-state index is 0.0557. The summed E-state index contributed by atoms with van der Waals surface area (Å²) in [6.45, 7) is 1.03. The molecule has 0 spiro atoms. The fraction of sp³-hybridized carbons (Fsp3) is 0.174. The van der Waals surface area contributed by atoms with Gasteiger partial charge < -0.3 is 5.11 Å². The molecule has 0 unspecified atom stereocenters. The van der Waals surface area contributed by atoms with Gasteiger partial charge in [0.2, 0.25) is 0 Å². The third kappa shape index (κ3) is 5.42. The summed E-state index contributed by atoms with van der Waals surface area (Å²) in [5, 5.41) is 11.6. The molecule has 0 radical (unpaired) electrons. The normalized spacial score (nSPS) is 14.4. The molecule has 2 heterocycles. The summed E-state index contributed by atoms with van der Waals surface area (Å²) in [6, 6.07) is 18.2. The number of benzene rings is 2. The third-order valence-corrected chi connectivity index (χ3v) is 8.28. The first-order chi connectivity index (χ1) is 15.2. The van der Waals surface area contributed by atoms with Gasteiger partial charge in [-0.05, 0) is 53.1 Å². The second-order valence-corrected chi connectivity index (χ2v) is 11.5. The average Bonchev–Trinajstić information content (AvgIpc) is 3.17. The van der Waals surface area contributed by atoms with Gasteiger partial charge in [-0.15, -0.1) is 11.3 Å². The predicted octanol–water partition coefficient (Wildman–Crippen LogP) is 5.66. The zero-order chi connectivity index (χ0) is 22.9. The van der Waals surface area contributed by atoms with Gasteiger partial charge in [0.05, 0.1) is 11.8 Å². The number of thiophene rings is 1. The van der Waals surface area contributed by atoms with Gasteiger partial charge in [0.25, 0.3) is 0 Å². The van der Waals surface area contributed by atoms with Crippen molar-refractivity contribution >= 4 is 50.3 Å². The molecule has 2 aromatic carbocycles. The molecular formula is C23H19Cl2NO4S2. The standard InChI is InChI=1S/C23H19Cl2NO4S2/c24-18-5-1-16(2-6-18)22(17-3-7-19(25)8-4-17)26-11-15(12-26)13-32(29,30)14-20-9-10-21(31-20)23(27)28/h1-10,13,22H,11-12,14H2,(H,27,28). The number of rotatable bonds is 7. The van der Waals surface area contributed by atoms with E-state index >= 15 is 0 Å². The summed E-state index contributed by atoms with van der Waals surface area (Å²) < 4.78 is 25.2. The van der Waals surface area contributed by atoms with Gasteiger partial charge in [-0.25, -0.2) is 13.2 Å². The molecule has 166 valence electrons. The highest BCUT2D eigenvalue weighted by molar-refractivity contribution is 7.93. The van der Waals surface area contributed by atoms with E-state index in [0.29, 0.717) is 28.0 Å². The molecule has 0 aliphatic carbocycles. The third-order valence-electron chi connectivity index (χ3n) is 5.11. The summed E-state index contributed by atoms with van der Waals surface area (Å²) in [5.41, 5.74) is 2.92. The zero-order valence-electron chi connectivity index (χ0n) is 16.7. The number of sulfone groups is 1. The topological polar surface area (TPSA) is 74.7 Å². The highest BCUT2D eigenvalue weighted by Gasteiger charge is 2.31. The Morgan fingerprint density at radius 1 is 0.969 bits per heavy atom. The Hall–Kier alpha value is -2.16. The summed E-state index contributed by atoms with van der Waals surface area (Å²) >= 11 is 13.1. The smallest absolute Gasteiger partial charge is 0.345 e. The van der Waals surface area contributed by atoms with Crippen molar-refractivity contribution in [3.63, 3.8) is 0 Å². The van der Waals surface area contributed by atoms with Crippen LogP contribution in [0.25, 0.3) is 0 Å². The highest BCUT2D eigenvalue weighted by atomic mass is 35.5. The molecule has 1 aromatic heterocycles. The lowest BCUT2D eigenvalue weighted by atomic mass is 9.93. The second-order valence-electron chi connectivity index (χ2n) is 7.57. The van der Waals surface area contributed by atoms with Crippen LogP contribution in [-0.2, 0) is 15.6 Å². The van der Waals surface area contributed by atoms with E-state index < -0.39 is 15.8 Å². The van der Waals surface area contributed by atoms with Crippen LogP contribution >= 0.6 is 34.5 Å². The molecule has 1 aliphatic heterocycles. The average molecular weight is 508 g/mol. The molecule has 4 rings (SSSR count). The minimum Gasteiger partial charge on any atom is -0.477 e. The number of aromatic carboxylic acids is 1. The molecule has 9 heteroatoms. The molecule has 0 amide bonds. The maximum Gasteiger partial charge on any atom is 0.345 e. The molecule has 1 fully saturated rings. The summed E-state index contributed by atoms with van der Waals surface area (Å²) in [4.78, 5) is 13.8. The molecule has 5 nitrogen and oxygen atoms in total. The predicted molar refractivity (Wildman–Crippen MR) is 128 cm³/mol. The van der Waals surface area contributed by atoms with Crippen molar-refractivity contribution in [2.75, 3.05) is 13.1 Å². The molecular weight excluding hydrogens is 489 g/mol. The summed E-state index contributed by atoms with van der Waals surface area (Å²) in [5.74, 6) is -1.26. The van der Waals surface area contributed by atoms with Gasteiger partial charge in [0, 0.05) is 33.4 Å². The maximum absolute atomic E-state index is 12.6. The number of hydrogen-bond acceptors (Lipinski definition) is 5. The van der Waals surface area contributed by atoms with E-state index in [1.807, 2.05) is 48.5 Å². The first-order valence-electron chi connectivity index (χ1n) is 9.69. The van der Waals surface area contributed by atoms with E-state index in [0.717, 1.165) is 28.0 Å². The van der Waals surface area contributed by atoms with Crippen LogP contribution in [-0.4, -0.2) is 37.5 Å². The summed E-state index contributed by atoms with van der Waals surface area (Å²) in [6.07, 6.45) is 0. The first kappa shape index (κ1) is 23.0. The van der Waals surface area contributed by atoms with Gasteiger partial charge in [0.15, 0.2) is 9.84 Å². The van der Waals surface area contributed by atoms with Crippen molar-refractivity contribution in [3.05, 3.63) is 103 Å². The van der Waals surface area contributed by atoms with E-state index in [2.05, 4.69) is 4.90 Å². The molecule has 1 N–H and O–H groups in total. The molecule has 0 bridgehead atoms. The van der Waals surface area contributed by atoms with E-state index in [1.54, 1.807) is 6.07 Å². The quantitative estimate of drug-likeness (QED) is 0.446. The number of carboxylic acids is 1. The highest BCUT2D eigenvalue weighted by Crippen LogP contribution is 2.35. The minimum atomic E-state index is -3.50. The molecule has 32 heavy (non-hydrogen) atoms. The SMILES string of the molecule is O=C(O)c1ccc(CS(=O)(=O)C=C2CN(C(c3ccc(Cl)cc3)c3ccc(Cl)cc3)C2)s1. The first-order valence-corrected chi connectivity index (χ1v) is 13.0. The molecule has 3 aromatic rings. The second kappa shape index (κ2) is 9.37. The zero-order valence-corrected chi connectivity index (χ0v) is 19.9. The van der Waals surface area contributed by atoms with E-state index in [9.17, 15) is 13.2 Å². The Kier molecular flexibility index (Phi) is 6.74. The largest absolute Gasteiger partial charge is 0.477 e. The molecule has 0 saturated carbocycles. The van der Waals surface area contributed by atoms with Crippen LogP contribution in [0.3, 0.4) is 0 Å². The number of halogens is 2. The van der Waals surface area contributed by atoms with E-state index in [1.165, 1.54) is 11.5 Å². The fourth-order valence-corrected chi connectivity index (χ4v) is 6.56. The Morgan fingerprint density at radius 3 is 1.97 bits per heavy atom. The van der Waals surface area contributed by atoms with Crippen molar-refractivity contribution < 1.29 is 18.3 Å². The molecule has 0 atom stereocenters. The Balaban J connectivity index is 1.51. The lowest BCUT2D eigenvalue weighted by molar-refractivity contribution is 0.0702. The molecule has 1 saturated heterocycles. The van der Waals surface area contributed by atoms with Crippen LogP contribution in [0.4, 0.5) is 0 Å². The lowest BCUT2D eigenvalue weighted by Crippen LogP contribution is -2.43. The summed E-state index contributed by atoms with van der Waals surface area (Å²) in [7, 11) is -3.50. The molecule has 1 aliphatic rings. The van der Waals surface area contributed by atoms with Crippen molar-refractivity contribution in [2.45, 2.75) is 11.8 Å². The van der Waals surface area contributed by atoms with Crippen molar-refractivity contribution in [1.82, 2.24) is 4.90 Å². The fourth-order valence-electron chi connectivity index (χ4n) is 3.70. The van der Waals surface area contributed by atoms with Gasteiger partial charge in [-0.2, -0.15) is 0 Å². The lowest BCUT2D eigenvalue weighted by Gasteiger charge is -2.41.